The Morgan fingerprint density at radius 2 is 1.91 bits per heavy atom. The van der Waals surface area contributed by atoms with E-state index in [2.05, 4.69) is 33.4 Å². The molecule has 0 atom stereocenters. The molecule has 0 saturated heterocycles. The van der Waals surface area contributed by atoms with Gasteiger partial charge >= 0.3 is 6.09 Å². The van der Waals surface area contributed by atoms with Crippen LogP contribution in [-0.4, -0.2) is 44.1 Å². The van der Waals surface area contributed by atoms with Crippen LogP contribution in [0.5, 0.6) is 5.75 Å². The number of carbonyl (C=O) groups is 1. The second-order valence-electron chi connectivity index (χ2n) is 9.87. The average molecular weight is 464 g/mol. The second kappa shape index (κ2) is 10.2. The fraction of sp³-hybridized carbons (Fsp3) is 0.462. The zero-order valence-corrected chi connectivity index (χ0v) is 20.3. The van der Waals surface area contributed by atoms with Crippen LogP contribution in [0.25, 0.3) is 16.9 Å². The normalized spacial score (nSPS) is 18.4. The predicted octanol–water partition coefficient (Wildman–Crippen LogP) is 5.10. The van der Waals surface area contributed by atoms with E-state index in [1.54, 1.807) is 12.4 Å². The Labute approximate surface area is 200 Å². The summed E-state index contributed by atoms with van der Waals surface area (Å²) in [6, 6.07) is 8.26. The van der Waals surface area contributed by atoms with E-state index in [0.29, 0.717) is 18.3 Å². The number of aromatic nitrogens is 4. The van der Waals surface area contributed by atoms with Gasteiger partial charge in [0.05, 0.1) is 24.7 Å². The standard InChI is InChI=1S/C26H33N5O3/c1-18-7-5-6-8-22(18)31-15-20(13-29-31)24-23(14-27-17-28-24)33-16-19-9-11-21(12-10-19)30-25(32)34-26(2,3)4/h5-8,13-15,17,19,21H,9-12,16H2,1-4H3,(H,30,32). The molecule has 1 aromatic carbocycles. The highest BCUT2D eigenvalue weighted by Gasteiger charge is 2.25. The summed E-state index contributed by atoms with van der Waals surface area (Å²) in [5.41, 5.74) is 3.30. The van der Waals surface area contributed by atoms with Gasteiger partial charge < -0.3 is 14.8 Å². The molecule has 0 bridgehead atoms. The van der Waals surface area contributed by atoms with Crippen molar-refractivity contribution in [2.75, 3.05) is 6.61 Å². The second-order valence-corrected chi connectivity index (χ2v) is 9.87. The minimum Gasteiger partial charge on any atom is -0.489 e. The van der Waals surface area contributed by atoms with Crippen molar-refractivity contribution in [1.29, 1.82) is 0 Å². The number of nitrogens with one attached hydrogen (secondary N) is 1. The van der Waals surface area contributed by atoms with Crippen molar-refractivity contribution >= 4 is 6.09 Å². The van der Waals surface area contributed by atoms with Crippen LogP contribution in [0.4, 0.5) is 4.79 Å². The maximum Gasteiger partial charge on any atom is 0.407 e. The summed E-state index contributed by atoms with van der Waals surface area (Å²) >= 11 is 0. The topological polar surface area (TPSA) is 91.2 Å². The van der Waals surface area contributed by atoms with Crippen LogP contribution in [0, 0.1) is 12.8 Å². The van der Waals surface area contributed by atoms with Crippen LogP contribution in [0.2, 0.25) is 0 Å². The third-order valence-electron chi connectivity index (χ3n) is 5.94. The first-order chi connectivity index (χ1) is 16.3. The largest absolute Gasteiger partial charge is 0.489 e. The number of para-hydroxylation sites is 1. The number of aryl methyl sites for hydroxylation is 1. The van der Waals surface area contributed by atoms with Crippen molar-refractivity contribution in [2.24, 2.45) is 5.92 Å². The molecular weight excluding hydrogens is 430 g/mol. The molecule has 180 valence electrons. The molecule has 1 saturated carbocycles. The van der Waals surface area contributed by atoms with Crippen molar-refractivity contribution in [3.8, 4) is 22.7 Å². The van der Waals surface area contributed by atoms with Gasteiger partial charge in [0.25, 0.3) is 0 Å². The first-order valence-corrected chi connectivity index (χ1v) is 11.8. The Morgan fingerprint density at radius 1 is 1.15 bits per heavy atom. The summed E-state index contributed by atoms with van der Waals surface area (Å²) in [6.45, 7) is 8.27. The minimum absolute atomic E-state index is 0.147. The Morgan fingerprint density at radius 3 is 2.65 bits per heavy atom. The molecule has 8 nitrogen and oxygen atoms in total. The number of ether oxygens (including phenoxy) is 2. The molecule has 2 aromatic heterocycles. The van der Waals surface area contributed by atoms with Gasteiger partial charge in [0.15, 0.2) is 5.75 Å². The zero-order chi connectivity index (χ0) is 24.1. The summed E-state index contributed by atoms with van der Waals surface area (Å²) in [5, 5.41) is 7.51. The van der Waals surface area contributed by atoms with E-state index in [9.17, 15) is 4.79 Å². The lowest BCUT2D eigenvalue weighted by Crippen LogP contribution is -2.41. The number of alkyl carbamates (subject to hydrolysis) is 1. The Hall–Kier alpha value is -3.42. The summed E-state index contributed by atoms with van der Waals surface area (Å²) in [5.74, 6) is 1.07. The first-order valence-electron chi connectivity index (χ1n) is 11.8. The van der Waals surface area contributed by atoms with E-state index < -0.39 is 5.60 Å². The quantitative estimate of drug-likeness (QED) is 0.547. The van der Waals surface area contributed by atoms with Crippen molar-refractivity contribution in [3.05, 3.63) is 54.7 Å². The lowest BCUT2D eigenvalue weighted by Gasteiger charge is -2.30. The number of nitrogens with zero attached hydrogens (tertiary/aromatic N) is 4. The van der Waals surface area contributed by atoms with Gasteiger partial charge in [0.1, 0.15) is 17.6 Å². The molecule has 34 heavy (non-hydrogen) atoms. The highest BCUT2D eigenvalue weighted by Crippen LogP contribution is 2.30. The smallest absolute Gasteiger partial charge is 0.407 e. The summed E-state index contributed by atoms with van der Waals surface area (Å²) in [7, 11) is 0. The number of hydrogen-bond donors (Lipinski definition) is 1. The van der Waals surface area contributed by atoms with Gasteiger partial charge in [0.2, 0.25) is 0 Å². The molecule has 1 fully saturated rings. The van der Waals surface area contributed by atoms with Gasteiger partial charge in [-0.05, 0) is 70.9 Å². The molecule has 0 aliphatic heterocycles. The van der Waals surface area contributed by atoms with E-state index in [1.165, 1.54) is 6.33 Å². The van der Waals surface area contributed by atoms with E-state index >= 15 is 0 Å². The van der Waals surface area contributed by atoms with E-state index in [0.717, 1.165) is 48.2 Å². The fourth-order valence-electron chi connectivity index (χ4n) is 4.19. The highest BCUT2D eigenvalue weighted by molar-refractivity contribution is 5.68. The lowest BCUT2D eigenvalue weighted by molar-refractivity contribution is 0.0483. The number of carbonyl (C=O) groups excluding carboxylic acids is 1. The van der Waals surface area contributed by atoms with Crippen LogP contribution in [0.3, 0.4) is 0 Å². The summed E-state index contributed by atoms with van der Waals surface area (Å²) in [4.78, 5) is 20.7. The molecule has 3 aromatic rings. The third-order valence-corrected chi connectivity index (χ3v) is 5.94. The van der Waals surface area contributed by atoms with Crippen LogP contribution < -0.4 is 10.1 Å². The van der Waals surface area contributed by atoms with Crippen molar-refractivity contribution in [1.82, 2.24) is 25.1 Å². The lowest BCUT2D eigenvalue weighted by atomic mass is 9.86. The number of rotatable bonds is 6. The SMILES string of the molecule is Cc1ccccc1-n1cc(-c2ncncc2OCC2CCC(NC(=O)OC(C)(C)C)CC2)cn1. The van der Waals surface area contributed by atoms with E-state index in [-0.39, 0.29) is 12.1 Å². The van der Waals surface area contributed by atoms with Crippen LogP contribution in [0.15, 0.2) is 49.2 Å². The molecule has 1 amide bonds. The van der Waals surface area contributed by atoms with Crippen molar-refractivity contribution in [3.63, 3.8) is 0 Å². The average Bonchev–Trinajstić information content (AvgIpc) is 3.28. The Balaban J connectivity index is 1.34. The van der Waals surface area contributed by atoms with Gasteiger partial charge in [-0.2, -0.15) is 5.10 Å². The van der Waals surface area contributed by atoms with Gasteiger partial charge in [-0.1, -0.05) is 18.2 Å². The van der Waals surface area contributed by atoms with Gasteiger partial charge in [-0.25, -0.2) is 19.4 Å². The van der Waals surface area contributed by atoms with Crippen molar-refractivity contribution in [2.45, 2.75) is 65.0 Å². The Bertz CT molecular complexity index is 1110. The first kappa shape index (κ1) is 23.7. The maximum absolute atomic E-state index is 12.0. The predicted molar refractivity (Wildman–Crippen MR) is 130 cm³/mol. The van der Waals surface area contributed by atoms with E-state index in [1.807, 2.05) is 49.8 Å². The zero-order valence-electron chi connectivity index (χ0n) is 20.3. The molecule has 1 aliphatic rings. The molecule has 0 unspecified atom stereocenters. The summed E-state index contributed by atoms with van der Waals surface area (Å²) < 4.78 is 13.4. The highest BCUT2D eigenvalue weighted by atomic mass is 16.6. The molecule has 0 radical (unpaired) electrons. The fourth-order valence-corrected chi connectivity index (χ4v) is 4.19. The molecule has 1 N–H and O–H groups in total. The molecule has 1 aliphatic carbocycles. The molecular formula is C26H33N5O3. The Kier molecular flexibility index (Phi) is 7.14. The minimum atomic E-state index is -0.485. The summed E-state index contributed by atoms with van der Waals surface area (Å²) in [6.07, 6.45) is 10.4. The third kappa shape index (κ3) is 6.12. The molecule has 8 heteroatoms. The maximum atomic E-state index is 12.0. The van der Waals surface area contributed by atoms with Crippen molar-refractivity contribution < 1.29 is 14.3 Å². The number of amides is 1. The molecule has 4 rings (SSSR count). The molecule has 0 spiro atoms. The van der Waals surface area contributed by atoms with Crippen LogP contribution >= 0.6 is 0 Å². The van der Waals surface area contributed by atoms with Crippen LogP contribution in [-0.2, 0) is 4.74 Å². The van der Waals surface area contributed by atoms with Gasteiger partial charge in [-0.15, -0.1) is 0 Å². The van der Waals surface area contributed by atoms with E-state index in [4.69, 9.17) is 9.47 Å². The van der Waals surface area contributed by atoms with Gasteiger partial charge in [-0.3, -0.25) is 0 Å². The molecule has 2 heterocycles. The monoisotopic (exact) mass is 463 g/mol. The van der Waals surface area contributed by atoms with Crippen LogP contribution in [0.1, 0.15) is 52.0 Å². The number of benzene rings is 1. The van der Waals surface area contributed by atoms with Gasteiger partial charge in [0, 0.05) is 17.8 Å². The number of hydrogen-bond acceptors (Lipinski definition) is 6.